The molecule has 1 atom stereocenters. The second kappa shape index (κ2) is 15.0. The summed E-state index contributed by atoms with van der Waals surface area (Å²) in [5, 5.41) is 2.82. The minimum Gasteiger partial charge on any atom is -0.352 e. The normalized spacial score (nSPS) is 14.9. The van der Waals surface area contributed by atoms with E-state index in [9.17, 15) is 31.2 Å². The molecule has 0 spiro atoms. The maximum atomic E-state index is 14.2. The van der Waals surface area contributed by atoms with Crippen molar-refractivity contribution in [3.63, 3.8) is 0 Å². The predicted molar refractivity (Wildman–Crippen MR) is 172 cm³/mol. The van der Waals surface area contributed by atoms with E-state index in [2.05, 4.69) is 21.2 Å². The Labute approximate surface area is 274 Å². The Hall–Kier alpha value is -3.09. The average Bonchev–Trinajstić information content (AvgIpc) is 2.98. The van der Waals surface area contributed by atoms with Crippen molar-refractivity contribution in [1.82, 2.24) is 10.2 Å². The summed E-state index contributed by atoms with van der Waals surface area (Å²) in [4.78, 5) is 29.5. The van der Waals surface area contributed by atoms with E-state index in [0.29, 0.717) is 15.9 Å². The van der Waals surface area contributed by atoms with Crippen LogP contribution >= 0.6 is 27.5 Å². The first kappa shape index (κ1) is 34.8. The van der Waals surface area contributed by atoms with Gasteiger partial charge in [-0.2, -0.15) is 13.2 Å². The molecule has 1 aliphatic carbocycles. The van der Waals surface area contributed by atoms with Crippen LogP contribution in [-0.2, 0) is 38.8 Å². The number of nitrogens with one attached hydrogen (secondary N) is 1. The Kier molecular flexibility index (Phi) is 11.6. The minimum absolute atomic E-state index is 0.0659. The van der Waals surface area contributed by atoms with Gasteiger partial charge in [0.05, 0.1) is 22.5 Å². The maximum absolute atomic E-state index is 14.2. The molecule has 1 saturated carbocycles. The van der Waals surface area contributed by atoms with Crippen molar-refractivity contribution in [1.29, 1.82) is 0 Å². The number of anilines is 1. The molecule has 1 fully saturated rings. The highest BCUT2D eigenvalue weighted by Gasteiger charge is 2.36. The lowest BCUT2D eigenvalue weighted by atomic mass is 9.94. The lowest BCUT2D eigenvalue weighted by molar-refractivity contribution is -0.140. The summed E-state index contributed by atoms with van der Waals surface area (Å²) in [6.07, 6.45) is 0.754. The number of halogens is 5. The molecule has 0 saturated heterocycles. The molecule has 0 aliphatic heterocycles. The van der Waals surface area contributed by atoms with E-state index in [-0.39, 0.29) is 24.0 Å². The molecule has 0 bridgehead atoms. The van der Waals surface area contributed by atoms with Crippen LogP contribution < -0.4 is 9.62 Å². The largest absolute Gasteiger partial charge is 0.416 e. The molecular weight excluding hydrogens is 695 g/mol. The number of alkyl halides is 3. The van der Waals surface area contributed by atoms with Crippen LogP contribution in [0.25, 0.3) is 0 Å². The zero-order valence-corrected chi connectivity index (χ0v) is 27.7. The molecule has 0 heterocycles. The zero-order valence-electron chi connectivity index (χ0n) is 24.6. The van der Waals surface area contributed by atoms with Crippen LogP contribution in [0.1, 0.15) is 48.8 Å². The molecule has 7 nitrogen and oxygen atoms in total. The summed E-state index contributed by atoms with van der Waals surface area (Å²) in [5.41, 5.74) is -0.183. The maximum Gasteiger partial charge on any atom is 0.416 e. The van der Waals surface area contributed by atoms with Crippen molar-refractivity contribution in [3.05, 3.63) is 99.0 Å². The average molecular weight is 729 g/mol. The van der Waals surface area contributed by atoms with E-state index >= 15 is 0 Å². The van der Waals surface area contributed by atoms with E-state index in [4.69, 9.17) is 11.6 Å². The molecule has 3 aromatic carbocycles. The van der Waals surface area contributed by atoms with Crippen molar-refractivity contribution in [2.24, 2.45) is 0 Å². The van der Waals surface area contributed by atoms with Crippen molar-refractivity contribution in [3.8, 4) is 0 Å². The Bertz CT molecular complexity index is 1600. The van der Waals surface area contributed by atoms with Gasteiger partial charge in [-0.15, -0.1) is 0 Å². The number of rotatable bonds is 11. The molecule has 0 unspecified atom stereocenters. The molecule has 4 rings (SSSR count). The van der Waals surface area contributed by atoms with Gasteiger partial charge in [-0.3, -0.25) is 13.9 Å². The van der Waals surface area contributed by atoms with Gasteiger partial charge in [-0.25, -0.2) is 8.42 Å². The van der Waals surface area contributed by atoms with Gasteiger partial charge in [0.1, 0.15) is 12.6 Å². The summed E-state index contributed by atoms with van der Waals surface area (Å²) in [6, 6.07) is 17.4. The van der Waals surface area contributed by atoms with Crippen molar-refractivity contribution < 1.29 is 31.2 Å². The van der Waals surface area contributed by atoms with E-state index in [1.54, 1.807) is 24.3 Å². The van der Waals surface area contributed by atoms with Crippen LogP contribution in [0, 0.1) is 0 Å². The van der Waals surface area contributed by atoms with Crippen LogP contribution in [0.4, 0.5) is 18.9 Å². The Morgan fingerprint density at radius 2 is 1.64 bits per heavy atom. The third kappa shape index (κ3) is 9.70. The molecule has 13 heteroatoms. The monoisotopic (exact) mass is 727 g/mol. The van der Waals surface area contributed by atoms with Crippen LogP contribution in [0.5, 0.6) is 0 Å². The van der Waals surface area contributed by atoms with Crippen LogP contribution in [0.15, 0.2) is 77.3 Å². The molecule has 242 valence electrons. The second-order valence-electron chi connectivity index (χ2n) is 11.1. The number of benzene rings is 3. The van der Waals surface area contributed by atoms with Crippen molar-refractivity contribution >= 4 is 55.1 Å². The van der Waals surface area contributed by atoms with Crippen LogP contribution in [-0.4, -0.2) is 50.0 Å². The number of hydrogen-bond acceptors (Lipinski definition) is 4. The van der Waals surface area contributed by atoms with E-state index < -0.39 is 51.9 Å². The molecule has 45 heavy (non-hydrogen) atoms. The van der Waals surface area contributed by atoms with E-state index in [1.165, 1.54) is 4.90 Å². The SMILES string of the molecule is CS(=O)(=O)N(CC(=O)N(Cc1cccc(Br)c1)[C@@H](Cc1ccccc1)C(=O)NC1CCCCC1)c1cc(C(F)(F)F)ccc1Cl. The van der Waals surface area contributed by atoms with Crippen LogP contribution in [0.3, 0.4) is 0 Å². The van der Waals surface area contributed by atoms with Gasteiger partial charge in [0.25, 0.3) is 0 Å². The summed E-state index contributed by atoms with van der Waals surface area (Å²) >= 11 is 9.64. The molecule has 0 aromatic heterocycles. The predicted octanol–water partition coefficient (Wildman–Crippen LogP) is 6.98. The van der Waals surface area contributed by atoms with Gasteiger partial charge in [-0.1, -0.05) is 89.3 Å². The van der Waals surface area contributed by atoms with Gasteiger partial charge in [0, 0.05) is 23.5 Å². The Morgan fingerprint density at radius 3 is 2.27 bits per heavy atom. The highest BCUT2D eigenvalue weighted by molar-refractivity contribution is 9.10. The lowest BCUT2D eigenvalue weighted by Gasteiger charge is -2.35. The first-order valence-electron chi connectivity index (χ1n) is 14.4. The smallest absolute Gasteiger partial charge is 0.352 e. The molecule has 1 aliphatic rings. The van der Waals surface area contributed by atoms with Crippen molar-refractivity contribution in [2.75, 3.05) is 17.1 Å². The van der Waals surface area contributed by atoms with Gasteiger partial charge in [-0.05, 0) is 54.3 Å². The molecule has 3 aromatic rings. The highest BCUT2D eigenvalue weighted by Crippen LogP contribution is 2.36. The topological polar surface area (TPSA) is 86.8 Å². The highest BCUT2D eigenvalue weighted by atomic mass is 79.9. The molecule has 1 N–H and O–H groups in total. The standard InChI is InChI=1S/C32H34BrClF3N3O4S/c1-45(43,44)40(28-19-24(32(35,36)37)15-16-27(28)34)21-30(41)39(20-23-11-8-12-25(33)17-23)29(18-22-9-4-2-5-10-22)31(42)38-26-13-6-3-7-14-26/h2,4-5,8-12,15-17,19,26,29H,3,6-7,13-14,18,20-21H2,1H3,(H,38,42)/t29-/m0/s1. The molecule has 2 amide bonds. The third-order valence-electron chi connectivity index (χ3n) is 7.69. The third-order valence-corrected chi connectivity index (χ3v) is 9.63. The Morgan fingerprint density at radius 1 is 0.978 bits per heavy atom. The number of amides is 2. The first-order chi connectivity index (χ1) is 21.2. The number of carbonyl (C=O) groups excluding carboxylic acids is 2. The van der Waals surface area contributed by atoms with E-state index in [0.717, 1.165) is 60.5 Å². The Balaban J connectivity index is 1.77. The molecule has 0 radical (unpaired) electrons. The summed E-state index contributed by atoms with van der Waals surface area (Å²) in [7, 11) is -4.31. The fourth-order valence-electron chi connectivity index (χ4n) is 5.41. The van der Waals surface area contributed by atoms with Gasteiger partial charge >= 0.3 is 6.18 Å². The van der Waals surface area contributed by atoms with E-state index in [1.807, 2.05) is 30.3 Å². The number of sulfonamides is 1. The number of hydrogen-bond donors (Lipinski definition) is 1. The first-order valence-corrected chi connectivity index (χ1v) is 17.5. The summed E-state index contributed by atoms with van der Waals surface area (Å²) in [5.74, 6) is -1.18. The summed E-state index contributed by atoms with van der Waals surface area (Å²) < 4.78 is 68.0. The molecular formula is C32H34BrClF3N3O4S. The number of nitrogens with zero attached hydrogens (tertiary/aromatic N) is 2. The lowest BCUT2D eigenvalue weighted by Crippen LogP contribution is -2.55. The quantitative estimate of drug-likeness (QED) is 0.231. The summed E-state index contributed by atoms with van der Waals surface area (Å²) in [6.45, 7) is -0.947. The minimum atomic E-state index is -4.78. The van der Waals surface area contributed by atoms with Gasteiger partial charge < -0.3 is 10.2 Å². The second-order valence-corrected chi connectivity index (χ2v) is 14.4. The van der Waals surface area contributed by atoms with Gasteiger partial charge in [0.15, 0.2) is 0 Å². The zero-order chi connectivity index (χ0) is 32.8. The fourth-order valence-corrected chi connectivity index (χ4v) is 6.97. The number of carbonyl (C=O) groups is 2. The van der Waals surface area contributed by atoms with Crippen LogP contribution in [0.2, 0.25) is 5.02 Å². The van der Waals surface area contributed by atoms with Crippen molar-refractivity contribution in [2.45, 2.75) is 63.3 Å². The van der Waals surface area contributed by atoms with Gasteiger partial charge in [0.2, 0.25) is 21.8 Å². The fraction of sp³-hybridized carbons (Fsp3) is 0.375.